The number of allylic oxidation sites excluding steroid dienone is 1. The summed E-state index contributed by atoms with van der Waals surface area (Å²) in [6, 6.07) is 18.6. The van der Waals surface area contributed by atoms with E-state index in [1.54, 1.807) is 18.2 Å². The number of ether oxygens (including phenoxy) is 1. The minimum absolute atomic E-state index is 0.119. The number of amides is 1. The van der Waals surface area contributed by atoms with Gasteiger partial charge < -0.3 is 14.9 Å². The van der Waals surface area contributed by atoms with Crippen LogP contribution < -0.4 is 9.64 Å². The molecule has 5 rings (SSSR count). The molecule has 208 valence electrons. The molecule has 0 bridgehead atoms. The number of hydrogen-bond donors (Lipinski definition) is 2. The van der Waals surface area contributed by atoms with Crippen molar-refractivity contribution >= 4 is 73.5 Å². The maximum absolute atomic E-state index is 13.5. The molecule has 3 aromatic carbocycles. The Labute approximate surface area is 257 Å². The van der Waals surface area contributed by atoms with Crippen molar-refractivity contribution in [1.82, 2.24) is 10.2 Å². The molecule has 0 spiro atoms. The van der Waals surface area contributed by atoms with Crippen molar-refractivity contribution in [3.8, 4) is 11.5 Å². The molecular weight excluding hydrogens is 650 g/mol. The Morgan fingerprint density at radius 3 is 2.61 bits per heavy atom. The molecule has 1 atom stereocenters. The van der Waals surface area contributed by atoms with E-state index in [0.29, 0.717) is 20.7 Å². The first-order valence-corrected chi connectivity index (χ1v) is 15.1. The zero-order valence-corrected chi connectivity index (χ0v) is 25.3. The Balaban J connectivity index is 1.52. The number of aromatic nitrogens is 2. The highest BCUT2D eigenvalue weighted by molar-refractivity contribution is 9.10. The molecule has 1 amide bonds. The van der Waals surface area contributed by atoms with Gasteiger partial charge in [0, 0.05) is 10.8 Å². The second-order valence-electron chi connectivity index (χ2n) is 8.73. The smallest absolute Gasteiger partial charge is 0.296 e. The van der Waals surface area contributed by atoms with Gasteiger partial charge in [-0.25, -0.2) is 0 Å². The van der Waals surface area contributed by atoms with Crippen LogP contribution in [0.25, 0.3) is 6.08 Å². The average Bonchev–Trinajstić information content (AvgIpc) is 3.55. The monoisotopic (exact) mass is 669 g/mol. The fourth-order valence-electron chi connectivity index (χ4n) is 4.22. The summed E-state index contributed by atoms with van der Waals surface area (Å²) in [5, 5.41) is 30.7. The number of halogens is 2. The number of hydrogen-bond acceptors (Lipinski definition) is 9. The molecule has 1 unspecified atom stereocenters. The van der Waals surface area contributed by atoms with Gasteiger partial charge in [0.15, 0.2) is 27.4 Å². The number of ketones is 1. The molecule has 0 radical (unpaired) electrons. The number of phenolic OH excluding ortho intramolecular Hbond substituents is 1. The highest BCUT2D eigenvalue weighted by Gasteiger charge is 2.45. The number of aliphatic hydroxyl groups excluding tert-OH is 1. The fourth-order valence-corrected chi connectivity index (χ4v) is 6.83. The first-order chi connectivity index (χ1) is 19.8. The number of thioether (sulfide) groups is 1. The molecule has 2 heterocycles. The van der Waals surface area contributed by atoms with E-state index in [0.717, 1.165) is 22.5 Å². The lowest BCUT2D eigenvalue weighted by Crippen LogP contribution is -2.31. The molecule has 8 nitrogen and oxygen atoms in total. The quantitative estimate of drug-likeness (QED) is 0.110. The first kappa shape index (κ1) is 28.9. The standard InChI is InChI=1S/C29H21BrClN3O5S2/c1-39-22-14-18(13-19(30)25(22)36)24-23(21(35)12-11-16-7-3-2-4-8-16)26(37)27(38)34(24)28-32-33-29(41-28)40-15-17-9-5-6-10-20(17)31/h2-14,24,36-37H,15H2,1H3/b12-11+. The Morgan fingerprint density at radius 1 is 1.15 bits per heavy atom. The Hall–Kier alpha value is -3.64. The average molecular weight is 671 g/mol. The molecule has 1 aromatic heterocycles. The molecule has 0 saturated heterocycles. The second-order valence-corrected chi connectivity index (χ2v) is 12.2. The maximum atomic E-state index is 13.5. The van der Waals surface area contributed by atoms with Crippen molar-refractivity contribution in [2.24, 2.45) is 0 Å². The van der Waals surface area contributed by atoms with Crippen LogP contribution in [0.4, 0.5) is 5.13 Å². The maximum Gasteiger partial charge on any atom is 0.296 e. The third-order valence-electron chi connectivity index (χ3n) is 6.20. The van der Waals surface area contributed by atoms with Gasteiger partial charge in [0.25, 0.3) is 5.91 Å². The number of rotatable bonds is 9. The highest BCUT2D eigenvalue weighted by atomic mass is 79.9. The van der Waals surface area contributed by atoms with Crippen LogP contribution >= 0.6 is 50.6 Å². The van der Waals surface area contributed by atoms with Gasteiger partial charge in [0.1, 0.15) is 0 Å². The predicted octanol–water partition coefficient (Wildman–Crippen LogP) is 7.14. The van der Waals surface area contributed by atoms with Crippen molar-refractivity contribution in [2.75, 3.05) is 12.0 Å². The lowest BCUT2D eigenvalue weighted by atomic mass is 9.95. The molecule has 1 aliphatic rings. The van der Waals surface area contributed by atoms with Gasteiger partial charge >= 0.3 is 0 Å². The Bertz CT molecular complexity index is 1690. The van der Waals surface area contributed by atoms with Crippen LogP contribution in [0, 0.1) is 0 Å². The Morgan fingerprint density at radius 2 is 1.88 bits per heavy atom. The molecule has 41 heavy (non-hydrogen) atoms. The van der Waals surface area contributed by atoms with E-state index in [1.165, 1.54) is 35.9 Å². The third-order valence-corrected chi connectivity index (χ3v) is 9.28. The second kappa shape index (κ2) is 12.5. The van der Waals surface area contributed by atoms with Crippen molar-refractivity contribution in [1.29, 1.82) is 0 Å². The lowest BCUT2D eigenvalue weighted by Gasteiger charge is -2.24. The van der Waals surface area contributed by atoms with Crippen LogP contribution in [-0.2, 0) is 15.3 Å². The summed E-state index contributed by atoms with van der Waals surface area (Å²) >= 11 is 12.1. The van der Waals surface area contributed by atoms with E-state index in [-0.39, 0.29) is 26.7 Å². The van der Waals surface area contributed by atoms with E-state index in [1.807, 2.05) is 48.5 Å². The van der Waals surface area contributed by atoms with Crippen molar-refractivity contribution in [3.05, 3.63) is 110 Å². The minimum atomic E-state index is -1.07. The van der Waals surface area contributed by atoms with E-state index in [2.05, 4.69) is 26.1 Å². The molecule has 0 fully saturated rings. The van der Waals surface area contributed by atoms with Gasteiger partial charge in [-0.05, 0) is 56.9 Å². The lowest BCUT2D eigenvalue weighted by molar-refractivity contribution is -0.117. The van der Waals surface area contributed by atoms with Crippen molar-refractivity contribution < 1.29 is 24.5 Å². The van der Waals surface area contributed by atoms with Gasteiger partial charge in [-0.1, -0.05) is 89.3 Å². The minimum Gasteiger partial charge on any atom is -0.503 e. The fraction of sp³-hybridized carbons (Fsp3) is 0.103. The summed E-state index contributed by atoms with van der Waals surface area (Å²) < 4.78 is 6.16. The SMILES string of the molecule is COc1cc(C2C(C(=O)/C=C/c3ccccc3)=C(O)C(=O)N2c2nnc(SCc3ccccc3Cl)s2)cc(Br)c1O. The highest BCUT2D eigenvalue weighted by Crippen LogP contribution is 2.46. The third kappa shape index (κ3) is 6.03. The van der Waals surface area contributed by atoms with Crippen LogP contribution in [0.15, 0.2) is 93.0 Å². The molecule has 2 N–H and O–H groups in total. The van der Waals surface area contributed by atoms with Crippen LogP contribution in [0.2, 0.25) is 5.02 Å². The number of methoxy groups -OCH3 is 1. The number of nitrogens with zero attached hydrogens (tertiary/aromatic N) is 3. The topological polar surface area (TPSA) is 113 Å². The Kier molecular flexibility index (Phi) is 8.79. The summed E-state index contributed by atoms with van der Waals surface area (Å²) in [5.41, 5.74) is 1.96. The van der Waals surface area contributed by atoms with Crippen LogP contribution in [0.3, 0.4) is 0 Å². The number of carbonyl (C=O) groups excluding carboxylic acids is 2. The zero-order chi connectivity index (χ0) is 29.1. The van der Waals surface area contributed by atoms with Gasteiger partial charge in [0.2, 0.25) is 5.13 Å². The van der Waals surface area contributed by atoms with Crippen LogP contribution in [-0.4, -0.2) is 39.2 Å². The molecule has 12 heteroatoms. The summed E-state index contributed by atoms with van der Waals surface area (Å²) in [7, 11) is 1.39. The van der Waals surface area contributed by atoms with Gasteiger partial charge in [-0.15, -0.1) is 10.2 Å². The number of carbonyl (C=O) groups is 2. The van der Waals surface area contributed by atoms with Gasteiger partial charge in [-0.3, -0.25) is 14.5 Å². The molecule has 4 aromatic rings. The summed E-state index contributed by atoms with van der Waals surface area (Å²) in [4.78, 5) is 28.2. The van der Waals surface area contributed by atoms with Gasteiger partial charge in [0.05, 0.1) is 23.2 Å². The molecular formula is C29H21BrClN3O5S2. The number of aliphatic hydroxyl groups is 1. The molecule has 0 aliphatic carbocycles. The van der Waals surface area contributed by atoms with E-state index in [9.17, 15) is 19.8 Å². The zero-order valence-electron chi connectivity index (χ0n) is 21.3. The number of aromatic hydroxyl groups is 1. The van der Waals surface area contributed by atoms with E-state index in [4.69, 9.17) is 16.3 Å². The van der Waals surface area contributed by atoms with Crippen molar-refractivity contribution in [2.45, 2.75) is 16.1 Å². The predicted molar refractivity (Wildman–Crippen MR) is 164 cm³/mol. The van der Waals surface area contributed by atoms with Gasteiger partial charge in [-0.2, -0.15) is 0 Å². The number of benzene rings is 3. The molecule has 1 aliphatic heterocycles. The number of anilines is 1. The van der Waals surface area contributed by atoms with Crippen LogP contribution in [0.5, 0.6) is 11.5 Å². The summed E-state index contributed by atoms with van der Waals surface area (Å²) in [6.07, 6.45) is 2.91. The van der Waals surface area contributed by atoms with E-state index >= 15 is 0 Å². The number of phenols is 1. The first-order valence-electron chi connectivity index (χ1n) is 12.1. The normalized spacial score (nSPS) is 15.2. The summed E-state index contributed by atoms with van der Waals surface area (Å²) in [5.74, 6) is -1.55. The van der Waals surface area contributed by atoms with Crippen LogP contribution in [0.1, 0.15) is 22.7 Å². The largest absolute Gasteiger partial charge is 0.503 e. The van der Waals surface area contributed by atoms with Crippen molar-refractivity contribution in [3.63, 3.8) is 0 Å². The summed E-state index contributed by atoms with van der Waals surface area (Å²) in [6.45, 7) is 0. The molecule has 0 saturated carbocycles. The van der Waals surface area contributed by atoms with E-state index < -0.39 is 23.5 Å².